The Morgan fingerprint density at radius 2 is 1.95 bits per heavy atom. The molecule has 0 radical (unpaired) electrons. The molecular formula is C12H11BrF3NO3. The number of nitrogens with zero attached hydrogens (tertiary/aromatic N) is 1. The second-order valence-corrected chi connectivity index (χ2v) is 4.94. The lowest BCUT2D eigenvalue weighted by atomic mass is 10.1. The highest BCUT2D eigenvalue weighted by molar-refractivity contribution is 9.10. The van der Waals surface area contributed by atoms with Gasteiger partial charge in [-0.05, 0) is 24.6 Å². The number of aliphatic carboxylic acids is 1. The molecule has 0 fully saturated rings. The van der Waals surface area contributed by atoms with Crippen molar-refractivity contribution in [2.45, 2.75) is 13.1 Å². The minimum absolute atomic E-state index is 0.0323. The van der Waals surface area contributed by atoms with E-state index in [2.05, 4.69) is 15.9 Å². The predicted molar refractivity (Wildman–Crippen MR) is 68.5 cm³/mol. The van der Waals surface area contributed by atoms with E-state index in [0.29, 0.717) is 10.0 Å². The summed E-state index contributed by atoms with van der Waals surface area (Å²) in [6.07, 6.45) is -4.66. The van der Waals surface area contributed by atoms with E-state index in [1.165, 1.54) is 12.1 Å². The number of benzene rings is 1. The molecule has 8 heteroatoms. The molecule has 0 atom stereocenters. The normalized spacial score (nSPS) is 11.2. The monoisotopic (exact) mass is 353 g/mol. The second kappa shape index (κ2) is 6.25. The molecule has 0 unspecified atom stereocenters. The second-order valence-electron chi connectivity index (χ2n) is 4.08. The van der Waals surface area contributed by atoms with Crippen molar-refractivity contribution in [1.82, 2.24) is 4.90 Å². The molecule has 0 aliphatic carbocycles. The van der Waals surface area contributed by atoms with Gasteiger partial charge in [-0.15, -0.1) is 0 Å². The Kier molecular flexibility index (Phi) is 5.15. The van der Waals surface area contributed by atoms with Crippen LogP contribution in [0.15, 0.2) is 22.7 Å². The first-order chi connectivity index (χ1) is 9.11. The fourth-order valence-corrected chi connectivity index (χ4v) is 1.95. The number of alkyl halides is 3. The van der Waals surface area contributed by atoms with Gasteiger partial charge in [-0.25, -0.2) is 0 Å². The minimum atomic E-state index is -4.66. The fourth-order valence-electron chi connectivity index (χ4n) is 1.59. The van der Waals surface area contributed by atoms with Crippen LogP contribution in [0.25, 0.3) is 0 Å². The quantitative estimate of drug-likeness (QED) is 0.905. The number of halogens is 4. The summed E-state index contributed by atoms with van der Waals surface area (Å²) in [7, 11) is 0. The van der Waals surface area contributed by atoms with E-state index in [9.17, 15) is 22.8 Å². The topological polar surface area (TPSA) is 57.6 Å². The van der Waals surface area contributed by atoms with Gasteiger partial charge in [-0.2, -0.15) is 13.2 Å². The maximum absolute atomic E-state index is 12.4. The summed E-state index contributed by atoms with van der Waals surface area (Å²) in [5, 5.41) is 8.63. The van der Waals surface area contributed by atoms with Gasteiger partial charge in [0.1, 0.15) is 13.1 Å². The molecule has 0 saturated carbocycles. The van der Waals surface area contributed by atoms with Crippen molar-refractivity contribution in [1.29, 1.82) is 0 Å². The van der Waals surface area contributed by atoms with Gasteiger partial charge in [0.15, 0.2) is 0 Å². The zero-order valence-electron chi connectivity index (χ0n) is 10.4. The van der Waals surface area contributed by atoms with E-state index in [1.807, 2.05) is 0 Å². The van der Waals surface area contributed by atoms with Crippen molar-refractivity contribution in [2.75, 3.05) is 13.1 Å². The summed E-state index contributed by atoms with van der Waals surface area (Å²) >= 11 is 3.17. The van der Waals surface area contributed by atoms with Gasteiger partial charge in [0.25, 0.3) is 5.91 Å². The highest BCUT2D eigenvalue weighted by Crippen LogP contribution is 2.23. The van der Waals surface area contributed by atoms with Crippen molar-refractivity contribution in [2.24, 2.45) is 0 Å². The summed E-state index contributed by atoms with van der Waals surface area (Å²) in [5.74, 6) is -2.47. The maximum atomic E-state index is 12.4. The summed E-state index contributed by atoms with van der Waals surface area (Å²) in [5.41, 5.74) is 0.486. The van der Waals surface area contributed by atoms with Gasteiger partial charge < -0.3 is 10.0 Å². The van der Waals surface area contributed by atoms with Crippen LogP contribution in [-0.4, -0.2) is 41.1 Å². The van der Waals surface area contributed by atoms with Crippen LogP contribution < -0.4 is 0 Å². The molecule has 110 valence electrons. The fraction of sp³-hybridized carbons (Fsp3) is 0.333. The maximum Gasteiger partial charge on any atom is 0.406 e. The van der Waals surface area contributed by atoms with Crippen LogP contribution in [0.4, 0.5) is 13.2 Å². The molecule has 20 heavy (non-hydrogen) atoms. The lowest BCUT2D eigenvalue weighted by Gasteiger charge is -2.23. The van der Waals surface area contributed by atoms with Crippen molar-refractivity contribution < 1.29 is 27.9 Å². The summed E-state index contributed by atoms with van der Waals surface area (Å²) in [4.78, 5) is 22.9. The molecule has 0 heterocycles. The third-order valence-corrected chi connectivity index (χ3v) is 3.34. The average Bonchev–Trinajstić information content (AvgIpc) is 2.28. The van der Waals surface area contributed by atoms with Crippen molar-refractivity contribution in [3.05, 3.63) is 33.8 Å². The molecule has 1 N–H and O–H groups in total. The molecule has 0 aromatic heterocycles. The summed E-state index contributed by atoms with van der Waals surface area (Å²) in [6.45, 7) is -1.06. The molecule has 0 bridgehead atoms. The van der Waals surface area contributed by atoms with Crippen LogP contribution in [0.1, 0.15) is 15.9 Å². The van der Waals surface area contributed by atoms with E-state index in [0.717, 1.165) is 0 Å². The van der Waals surface area contributed by atoms with Crippen LogP contribution >= 0.6 is 15.9 Å². The largest absolute Gasteiger partial charge is 0.480 e. The van der Waals surface area contributed by atoms with Crippen LogP contribution in [-0.2, 0) is 4.79 Å². The molecule has 4 nitrogen and oxygen atoms in total. The number of carboxylic acids is 1. The standard InChI is InChI=1S/C12H11BrF3NO3/c1-7-8(3-2-4-9(7)13)11(20)17(5-10(18)19)6-12(14,15)16/h2-4H,5-6H2,1H3,(H,18,19). The lowest BCUT2D eigenvalue weighted by Crippen LogP contribution is -2.42. The van der Waals surface area contributed by atoms with E-state index in [1.54, 1.807) is 13.0 Å². The van der Waals surface area contributed by atoms with Crippen LogP contribution in [0.3, 0.4) is 0 Å². The third-order valence-electron chi connectivity index (χ3n) is 2.48. The van der Waals surface area contributed by atoms with Gasteiger partial charge in [0.2, 0.25) is 0 Å². The third kappa shape index (κ3) is 4.52. The highest BCUT2D eigenvalue weighted by atomic mass is 79.9. The van der Waals surface area contributed by atoms with Crippen LogP contribution in [0.2, 0.25) is 0 Å². The molecule has 0 aliphatic heterocycles. The zero-order valence-corrected chi connectivity index (χ0v) is 12.0. The van der Waals surface area contributed by atoms with Crippen molar-refractivity contribution >= 4 is 27.8 Å². The van der Waals surface area contributed by atoms with Crippen LogP contribution in [0.5, 0.6) is 0 Å². The van der Waals surface area contributed by atoms with E-state index >= 15 is 0 Å². The first kappa shape index (κ1) is 16.5. The molecule has 1 amide bonds. The van der Waals surface area contributed by atoms with Gasteiger partial charge in [-0.1, -0.05) is 22.0 Å². The van der Waals surface area contributed by atoms with Gasteiger partial charge >= 0.3 is 12.1 Å². The summed E-state index contributed by atoms with van der Waals surface area (Å²) in [6, 6.07) is 4.49. The predicted octanol–water partition coefficient (Wildman–Crippen LogP) is 2.85. The van der Waals surface area contributed by atoms with Crippen molar-refractivity contribution in [3.63, 3.8) is 0 Å². The Bertz CT molecular complexity index is 531. The SMILES string of the molecule is Cc1c(Br)cccc1C(=O)N(CC(=O)O)CC(F)(F)F. The van der Waals surface area contributed by atoms with E-state index in [-0.39, 0.29) is 10.5 Å². The molecule has 1 aromatic carbocycles. The molecule has 0 aliphatic rings. The van der Waals surface area contributed by atoms with Gasteiger partial charge in [0, 0.05) is 10.0 Å². The number of rotatable bonds is 4. The van der Waals surface area contributed by atoms with Gasteiger partial charge in [0.05, 0.1) is 0 Å². The van der Waals surface area contributed by atoms with Crippen molar-refractivity contribution in [3.8, 4) is 0 Å². The molecule has 1 aromatic rings. The lowest BCUT2D eigenvalue weighted by molar-refractivity contribution is -0.149. The van der Waals surface area contributed by atoms with E-state index < -0.39 is 31.1 Å². The number of hydrogen-bond acceptors (Lipinski definition) is 2. The molecule has 0 saturated heterocycles. The average molecular weight is 354 g/mol. The highest BCUT2D eigenvalue weighted by Gasteiger charge is 2.34. The number of hydrogen-bond donors (Lipinski definition) is 1. The van der Waals surface area contributed by atoms with Crippen LogP contribution in [0, 0.1) is 6.92 Å². The number of amides is 1. The smallest absolute Gasteiger partial charge is 0.406 e. The molecule has 1 rings (SSSR count). The first-order valence-corrected chi connectivity index (χ1v) is 6.24. The Hall–Kier alpha value is -1.57. The Morgan fingerprint density at radius 1 is 1.35 bits per heavy atom. The Morgan fingerprint density at radius 3 is 2.45 bits per heavy atom. The van der Waals surface area contributed by atoms with E-state index in [4.69, 9.17) is 5.11 Å². The number of carbonyl (C=O) groups is 2. The summed E-state index contributed by atoms with van der Waals surface area (Å²) < 4.78 is 37.8. The molecular weight excluding hydrogens is 343 g/mol. The zero-order chi connectivity index (χ0) is 15.5. The minimum Gasteiger partial charge on any atom is -0.480 e. The Labute approximate surface area is 121 Å². The molecule has 0 spiro atoms. The van der Waals surface area contributed by atoms with Gasteiger partial charge in [-0.3, -0.25) is 9.59 Å². The number of carboxylic acid groups (broad SMARTS) is 1. The first-order valence-electron chi connectivity index (χ1n) is 5.44. The Balaban J connectivity index is 3.10. The number of carbonyl (C=O) groups excluding carboxylic acids is 1.